The number of hydrogen-bond acceptors (Lipinski definition) is 5. The van der Waals surface area contributed by atoms with Gasteiger partial charge in [-0.2, -0.15) is 0 Å². The molecule has 2 aromatic heterocycles. The van der Waals surface area contributed by atoms with Gasteiger partial charge in [0.25, 0.3) is 5.89 Å². The predicted octanol–water partition coefficient (Wildman–Crippen LogP) is 3.38. The van der Waals surface area contributed by atoms with Gasteiger partial charge < -0.3 is 9.52 Å². The van der Waals surface area contributed by atoms with E-state index in [0.717, 1.165) is 30.6 Å². The van der Waals surface area contributed by atoms with Gasteiger partial charge in [0, 0.05) is 6.42 Å². The maximum absolute atomic E-state index is 11.1. The van der Waals surface area contributed by atoms with Crippen LogP contribution in [-0.4, -0.2) is 21.3 Å². The summed E-state index contributed by atoms with van der Waals surface area (Å²) in [5.74, 6) is 0.333. The van der Waals surface area contributed by atoms with Gasteiger partial charge in [-0.15, -0.1) is 21.5 Å². The van der Waals surface area contributed by atoms with Crippen LogP contribution >= 0.6 is 11.3 Å². The van der Waals surface area contributed by atoms with Gasteiger partial charge in [0.05, 0.1) is 11.3 Å². The standard InChI is InChI=1S/C14H16N2O3S/c17-12(18)9-14(5-1-2-6-14)8-11-15-16-13(19-11)10-4-3-7-20-10/h3-4,7H,1-2,5-6,8-9H2,(H,17,18). The number of carboxylic acids is 1. The molecule has 20 heavy (non-hydrogen) atoms. The lowest BCUT2D eigenvalue weighted by Crippen LogP contribution is -2.23. The van der Waals surface area contributed by atoms with Crippen molar-refractivity contribution in [3.8, 4) is 10.8 Å². The minimum Gasteiger partial charge on any atom is -0.481 e. The molecule has 0 bridgehead atoms. The van der Waals surface area contributed by atoms with Crippen molar-refractivity contribution in [2.45, 2.75) is 38.5 Å². The topological polar surface area (TPSA) is 76.2 Å². The van der Waals surface area contributed by atoms with Crippen molar-refractivity contribution in [2.75, 3.05) is 0 Å². The SMILES string of the molecule is O=C(O)CC1(Cc2nnc(-c3cccs3)o2)CCCC1. The van der Waals surface area contributed by atoms with Gasteiger partial charge in [-0.05, 0) is 29.7 Å². The number of hydrogen-bond donors (Lipinski definition) is 1. The number of aliphatic carboxylic acids is 1. The van der Waals surface area contributed by atoms with Crippen LogP contribution in [0.15, 0.2) is 21.9 Å². The molecular weight excluding hydrogens is 276 g/mol. The van der Waals surface area contributed by atoms with E-state index in [-0.39, 0.29) is 11.8 Å². The Morgan fingerprint density at radius 2 is 2.20 bits per heavy atom. The fourth-order valence-corrected chi connectivity index (χ4v) is 3.65. The molecule has 0 aromatic carbocycles. The minimum atomic E-state index is -0.745. The highest BCUT2D eigenvalue weighted by atomic mass is 32.1. The smallest absolute Gasteiger partial charge is 0.303 e. The number of thiophene rings is 1. The lowest BCUT2D eigenvalue weighted by molar-refractivity contribution is -0.139. The monoisotopic (exact) mass is 292 g/mol. The lowest BCUT2D eigenvalue weighted by atomic mass is 9.79. The van der Waals surface area contributed by atoms with Gasteiger partial charge in [0.15, 0.2) is 0 Å². The third-order valence-corrected chi connectivity index (χ3v) is 4.77. The van der Waals surface area contributed by atoms with E-state index in [9.17, 15) is 4.79 Å². The fourth-order valence-electron chi connectivity index (χ4n) is 3.01. The van der Waals surface area contributed by atoms with Crippen molar-refractivity contribution < 1.29 is 14.3 Å². The Morgan fingerprint density at radius 1 is 1.40 bits per heavy atom. The Balaban J connectivity index is 1.77. The first-order chi connectivity index (χ1) is 9.67. The predicted molar refractivity (Wildman–Crippen MR) is 74.5 cm³/mol. The first-order valence-electron chi connectivity index (χ1n) is 6.75. The van der Waals surface area contributed by atoms with Crippen LogP contribution < -0.4 is 0 Å². The van der Waals surface area contributed by atoms with Gasteiger partial charge in [-0.25, -0.2) is 0 Å². The lowest BCUT2D eigenvalue weighted by Gasteiger charge is -2.24. The molecule has 1 saturated carbocycles. The molecule has 0 spiro atoms. The Hall–Kier alpha value is -1.69. The van der Waals surface area contributed by atoms with Crippen LogP contribution in [0.4, 0.5) is 0 Å². The second kappa shape index (κ2) is 5.36. The summed E-state index contributed by atoms with van der Waals surface area (Å²) in [7, 11) is 0. The Bertz CT molecular complexity index is 585. The molecule has 0 amide bonds. The number of aromatic nitrogens is 2. The molecule has 5 nitrogen and oxygen atoms in total. The van der Waals surface area contributed by atoms with Crippen LogP contribution in [0.1, 0.15) is 38.0 Å². The zero-order chi connectivity index (χ0) is 14.0. The summed E-state index contributed by atoms with van der Waals surface area (Å²) in [5, 5.41) is 19.2. The van der Waals surface area contributed by atoms with Gasteiger partial charge in [-0.3, -0.25) is 4.79 Å². The summed E-state index contributed by atoms with van der Waals surface area (Å²) in [6.45, 7) is 0. The molecular formula is C14H16N2O3S. The Kier molecular flexibility index (Phi) is 3.56. The minimum absolute atomic E-state index is 0.184. The molecule has 106 valence electrons. The fraction of sp³-hybridized carbons (Fsp3) is 0.500. The third-order valence-electron chi connectivity index (χ3n) is 3.92. The molecule has 1 N–H and O–H groups in total. The average Bonchev–Trinajstić information content (AvgIpc) is 3.08. The maximum Gasteiger partial charge on any atom is 0.303 e. The number of rotatable bonds is 5. The van der Waals surface area contributed by atoms with Crippen molar-refractivity contribution in [2.24, 2.45) is 5.41 Å². The zero-order valence-electron chi connectivity index (χ0n) is 11.0. The first kappa shape index (κ1) is 13.3. The number of carbonyl (C=O) groups is 1. The van der Waals surface area contributed by atoms with Crippen LogP contribution in [0.5, 0.6) is 0 Å². The van der Waals surface area contributed by atoms with Gasteiger partial charge >= 0.3 is 5.97 Å². The molecule has 1 aliphatic rings. The molecule has 0 aliphatic heterocycles. The van der Waals surface area contributed by atoms with E-state index in [1.54, 1.807) is 11.3 Å². The van der Waals surface area contributed by atoms with Crippen molar-refractivity contribution in [1.29, 1.82) is 0 Å². The van der Waals surface area contributed by atoms with E-state index in [1.165, 1.54) is 0 Å². The van der Waals surface area contributed by atoms with Crippen LogP contribution in [0.25, 0.3) is 10.8 Å². The number of nitrogens with zero attached hydrogens (tertiary/aromatic N) is 2. The molecule has 0 radical (unpaired) electrons. The van der Waals surface area contributed by atoms with Crippen LogP contribution in [-0.2, 0) is 11.2 Å². The molecule has 2 heterocycles. The maximum atomic E-state index is 11.1. The van der Waals surface area contributed by atoms with Crippen LogP contribution in [0, 0.1) is 5.41 Å². The normalized spacial score (nSPS) is 17.4. The van der Waals surface area contributed by atoms with Crippen LogP contribution in [0.2, 0.25) is 0 Å². The highest BCUT2D eigenvalue weighted by Crippen LogP contribution is 2.43. The van der Waals surface area contributed by atoms with Crippen molar-refractivity contribution in [3.63, 3.8) is 0 Å². The number of carboxylic acid groups (broad SMARTS) is 1. The summed E-state index contributed by atoms with van der Waals surface area (Å²) in [5.41, 5.74) is -0.203. The highest BCUT2D eigenvalue weighted by molar-refractivity contribution is 7.13. The molecule has 6 heteroatoms. The first-order valence-corrected chi connectivity index (χ1v) is 7.63. The summed E-state index contributed by atoms with van der Waals surface area (Å²) in [4.78, 5) is 12.0. The van der Waals surface area contributed by atoms with Crippen molar-refractivity contribution in [1.82, 2.24) is 10.2 Å². The molecule has 0 atom stereocenters. The Labute approximate surface area is 120 Å². The average molecular weight is 292 g/mol. The molecule has 3 rings (SSSR count). The van der Waals surface area contributed by atoms with E-state index < -0.39 is 5.97 Å². The Morgan fingerprint density at radius 3 is 2.85 bits per heavy atom. The highest BCUT2D eigenvalue weighted by Gasteiger charge is 2.37. The van der Waals surface area contributed by atoms with Crippen LogP contribution in [0.3, 0.4) is 0 Å². The molecule has 0 saturated heterocycles. The second-order valence-electron chi connectivity index (χ2n) is 5.43. The zero-order valence-corrected chi connectivity index (χ0v) is 11.9. The van der Waals surface area contributed by atoms with Gasteiger partial charge in [-0.1, -0.05) is 18.9 Å². The second-order valence-corrected chi connectivity index (χ2v) is 6.38. The molecule has 1 fully saturated rings. The van der Waals surface area contributed by atoms with Crippen molar-refractivity contribution in [3.05, 3.63) is 23.4 Å². The largest absolute Gasteiger partial charge is 0.481 e. The quantitative estimate of drug-likeness (QED) is 0.914. The van der Waals surface area contributed by atoms with Gasteiger partial charge in [0.1, 0.15) is 0 Å². The van der Waals surface area contributed by atoms with Crippen molar-refractivity contribution >= 4 is 17.3 Å². The summed E-state index contributed by atoms with van der Waals surface area (Å²) < 4.78 is 5.69. The molecule has 1 aliphatic carbocycles. The van der Waals surface area contributed by atoms with E-state index in [4.69, 9.17) is 9.52 Å². The third kappa shape index (κ3) is 2.75. The van der Waals surface area contributed by atoms with E-state index >= 15 is 0 Å². The van der Waals surface area contributed by atoms with E-state index in [2.05, 4.69) is 10.2 Å². The summed E-state index contributed by atoms with van der Waals surface area (Å²) in [6, 6.07) is 3.87. The summed E-state index contributed by atoms with van der Waals surface area (Å²) >= 11 is 1.55. The van der Waals surface area contributed by atoms with Gasteiger partial charge in [0.2, 0.25) is 5.89 Å². The molecule has 2 aromatic rings. The van der Waals surface area contributed by atoms with E-state index in [0.29, 0.717) is 18.2 Å². The van der Waals surface area contributed by atoms with E-state index in [1.807, 2.05) is 17.5 Å². The summed E-state index contributed by atoms with van der Waals surface area (Å²) in [6.07, 6.45) is 4.77. The molecule has 0 unspecified atom stereocenters.